The molecule has 0 N–H and O–H groups in total. The van der Waals surface area contributed by atoms with Gasteiger partial charge in [-0.15, -0.1) is 0 Å². The minimum atomic E-state index is -0.928. The first-order valence-electron chi connectivity index (χ1n) is 19.9. The topological polar surface area (TPSA) is 114 Å². The van der Waals surface area contributed by atoms with E-state index in [2.05, 4.69) is 39.8 Å². The molecule has 0 radical (unpaired) electrons. The number of carbonyl (C=O) groups is 4. The van der Waals surface area contributed by atoms with Gasteiger partial charge in [-0.2, -0.15) is 0 Å². The molecule has 0 saturated heterocycles. The van der Waals surface area contributed by atoms with E-state index in [0.29, 0.717) is 28.4 Å². The lowest BCUT2D eigenvalue weighted by Crippen LogP contribution is -2.20. The Morgan fingerprint density at radius 1 is 0.426 bits per heavy atom. The summed E-state index contributed by atoms with van der Waals surface area (Å²) in [5.74, 6) is 1.02. The van der Waals surface area contributed by atoms with Crippen LogP contribution in [0.4, 0.5) is 4.79 Å². The quantitative estimate of drug-likeness (QED) is 0.0515. The van der Waals surface area contributed by atoms with Crippen LogP contribution in [0.1, 0.15) is 110 Å². The first kappa shape index (κ1) is 43.6. The van der Waals surface area contributed by atoms with Gasteiger partial charge in [-0.1, -0.05) is 88.4 Å². The van der Waals surface area contributed by atoms with Crippen LogP contribution in [0.25, 0.3) is 0 Å². The first-order valence-corrected chi connectivity index (χ1v) is 19.9. The molecule has 0 fully saturated rings. The standard InChI is InChI=1S/C52H50O9/c1-31-26-39(16-22-44(31)57-10)51(6,7)40-17-23-45(32(2)27-40)59-48(54)36-14-20-43(21-15-36)58-50(56)61-47-25-19-42(29-34(47)4)52(8,9)41-18-24-46(33(3)28-41)60-49(55)38-13-11-12-37(30-38)35(5)53/h11-30H,1-10H3. The molecule has 6 aromatic rings. The van der Waals surface area contributed by atoms with Crippen molar-refractivity contribution in [2.24, 2.45) is 0 Å². The number of carbonyl (C=O) groups excluding carboxylic acids is 4. The number of esters is 2. The van der Waals surface area contributed by atoms with E-state index in [9.17, 15) is 19.2 Å². The fourth-order valence-corrected chi connectivity index (χ4v) is 7.11. The molecular weight excluding hydrogens is 769 g/mol. The molecule has 6 aromatic carbocycles. The average Bonchev–Trinajstić information content (AvgIpc) is 3.23. The highest BCUT2D eigenvalue weighted by Crippen LogP contribution is 2.38. The highest BCUT2D eigenvalue weighted by molar-refractivity contribution is 5.98. The minimum absolute atomic E-state index is 0.133. The van der Waals surface area contributed by atoms with Crippen LogP contribution < -0.4 is 23.7 Å². The van der Waals surface area contributed by atoms with Gasteiger partial charge < -0.3 is 23.7 Å². The molecule has 0 unspecified atom stereocenters. The third-order valence-electron chi connectivity index (χ3n) is 11.2. The molecule has 0 saturated carbocycles. The van der Waals surface area contributed by atoms with Gasteiger partial charge in [0.1, 0.15) is 28.7 Å². The largest absolute Gasteiger partial charge is 0.519 e. The maximum absolute atomic E-state index is 13.1. The van der Waals surface area contributed by atoms with E-state index < -0.39 is 23.5 Å². The van der Waals surface area contributed by atoms with Crippen LogP contribution >= 0.6 is 0 Å². The molecule has 0 amide bonds. The maximum Gasteiger partial charge on any atom is 0.519 e. The summed E-state index contributed by atoms with van der Waals surface area (Å²) in [5.41, 5.74) is 7.79. The molecule has 312 valence electrons. The summed E-state index contributed by atoms with van der Waals surface area (Å²) in [5, 5.41) is 0. The predicted molar refractivity (Wildman–Crippen MR) is 235 cm³/mol. The van der Waals surface area contributed by atoms with Crippen molar-refractivity contribution in [3.05, 3.63) is 183 Å². The second-order valence-electron chi connectivity index (χ2n) is 16.3. The molecule has 9 heteroatoms. The SMILES string of the molecule is COc1ccc(C(C)(C)c2ccc(OC(=O)c3ccc(OC(=O)Oc4ccc(C(C)(C)c5ccc(OC(=O)c6cccc(C(C)=O)c6)c(C)c5)cc4C)cc3)c(C)c2)cc1C. The minimum Gasteiger partial charge on any atom is -0.496 e. The zero-order chi connectivity index (χ0) is 44.2. The summed E-state index contributed by atoms with van der Waals surface area (Å²) in [4.78, 5) is 50.6. The van der Waals surface area contributed by atoms with Gasteiger partial charge in [-0.05, 0) is 140 Å². The molecule has 0 bridgehead atoms. The third kappa shape index (κ3) is 9.73. The number of hydrogen-bond donors (Lipinski definition) is 0. The second kappa shape index (κ2) is 17.7. The summed E-state index contributed by atoms with van der Waals surface area (Å²) in [6, 6.07) is 35.7. The molecule has 9 nitrogen and oxygen atoms in total. The van der Waals surface area contributed by atoms with Crippen LogP contribution in [0.2, 0.25) is 0 Å². The number of rotatable bonds is 12. The molecule has 6 rings (SSSR count). The van der Waals surface area contributed by atoms with E-state index in [-0.39, 0.29) is 22.5 Å². The number of methoxy groups -OCH3 is 1. The lowest BCUT2D eigenvalue weighted by molar-refractivity contribution is 0.0724. The van der Waals surface area contributed by atoms with Crippen LogP contribution in [-0.2, 0) is 10.8 Å². The lowest BCUT2D eigenvalue weighted by Gasteiger charge is -2.27. The predicted octanol–water partition coefficient (Wildman–Crippen LogP) is 11.8. The van der Waals surface area contributed by atoms with E-state index in [4.69, 9.17) is 23.7 Å². The fraction of sp³-hybridized carbons (Fsp3) is 0.231. The summed E-state index contributed by atoms with van der Waals surface area (Å²) >= 11 is 0. The number of aryl methyl sites for hydroxylation is 4. The fourth-order valence-electron chi connectivity index (χ4n) is 7.11. The van der Waals surface area contributed by atoms with Crippen molar-refractivity contribution in [2.45, 2.75) is 73.1 Å². The number of benzene rings is 6. The second-order valence-corrected chi connectivity index (χ2v) is 16.3. The molecule has 0 aliphatic carbocycles. The van der Waals surface area contributed by atoms with Gasteiger partial charge in [-0.3, -0.25) is 4.79 Å². The Morgan fingerprint density at radius 2 is 0.820 bits per heavy atom. The van der Waals surface area contributed by atoms with Gasteiger partial charge in [0.15, 0.2) is 5.78 Å². The Bertz CT molecular complexity index is 2650. The van der Waals surface area contributed by atoms with Crippen molar-refractivity contribution in [1.82, 2.24) is 0 Å². The molecule has 0 spiro atoms. The Morgan fingerprint density at radius 3 is 1.23 bits per heavy atom. The zero-order valence-electron chi connectivity index (χ0n) is 36.2. The number of ketones is 1. The molecule has 0 atom stereocenters. The Kier molecular flexibility index (Phi) is 12.6. The van der Waals surface area contributed by atoms with Gasteiger partial charge in [0.25, 0.3) is 0 Å². The van der Waals surface area contributed by atoms with Crippen molar-refractivity contribution in [1.29, 1.82) is 0 Å². The van der Waals surface area contributed by atoms with Gasteiger partial charge in [0, 0.05) is 16.4 Å². The molecular formula is C52H50O9. The van der Waals surface area contributed by atoms with Crippen molar-refractivity contribution in [3.8, 4) is 28.7 Å². The van der Waals surface area contributed by atoms with E-state index >= 15 is 0 Å². The van der Waals surface area contributed by atoms with E-state index in [1.807, 2.05) is 76.2 Å². The van der Waals surface area contributed by atoms with Crippen LogP contribution in [-0.4, -0.2) is 31.0 Å². The van der Waals surface area contributed by atoms with Crippen molar-refractivity contribution >= 4 is 23.9 Å². The van der Waals surface area contributed by atoms with Crippen LogP contribution in [0.3, 0.4) is 0 Å². The van der Waals surface area contributed by atoms with Gasteiger partial charge in [0.05, 0.1) is 18.2 Å². The molecule has 0 heterocycles. The van der Waals surface area contributed by atoms with Crippen LogP contribution in [0.5, 0.6) is 28.7 Å². The van der Waals surface area contributed by atoms with E-state index in [0.717, 1.165) is 50.3 Å². The Balaban J connectivity index is 1.05. The van der Waals surface area contributed by atoms with Crippen molar-refractivity contribution in [2.75, 3.05) is 7.11 Å². The van der Waals surface area contributed by atoms with E-state index in [1.165, 1.54) is 37.3 Å². The summed E-state index contributed by atoms with van der Waals surface area (Å²) in [6.07, 6.45) is -0.928. The Hall–Kier alpha value is -7.00. The van der Waals surface area contributed by atoms with Gasteiger partial charge >= 0.3 is 18.1 Å². The van der Waals surface area contributed by atoms with Crippen LogP contribution in [0, 0.1) is 27.7 Å². The highest BCUT2D eigenvalue weighted by Gasteiger charge is 2.27. The smallest absolute Gasteiger partial charge is 0.496 e. The maximum atomic E-state index is 13.1. The number of ether oxygens (including phenoxy) is 5. The molecule has 0 aliphatic rings. The number of Topliss-reactive ketones (excluding diaryl/α,β-unsaturated/α-hetero) is 1. The monoisotopic (exact) mass is 818 g/mol. The van der Waals surface area contributed by atoms with Gasteiger partial charge in [0.2, 0.25) is 0 Å². The lowest BCUT2D eigenvalue weighted by atomic mass is 9.77. The zero-order valence-corrected chi connectivity index (χ0v) is 36.2. The van der Waals surface area contributed by atoms with Crippen molar-refractivity contribution < 1.29 is 42.9 Å². The normalized spacial score (nSPS) is 11.4. The molecule has 0 aromatic heterocycles. The van der Waals surface area contributed by atoms with E-state index in [1.54, 1.807) is 37.4 Å². The van der Waals surface area contributed by atoms with Gasteiger partial charge in [-0.25, -0.2) is 14.4 Å². The Labute approximate surface area is 357 Å². The van der Waals surface area contributed by atoms with Crippen LogP contribution in [0.15, 0.2) is 121 Å². The summed E-state index contributed by atoms with van der Waals surface area (Å²) in [7, 11) is 1.66. The average molecular weight is 819 g/mol. The molecule has 61 heavy (non-hydrogen) atoms. The number of hydrogen-bond acceptors (Lipinski definition) is 9. The third-order valence-corrected chi connectivity index (χ3v) is 11.2. The summed E-state index contributed by atoms with van der Waals surface area (Å²) in [6.45, 7) is 17.5. The highest BCUT2D eigenvalue weighted by atomic mass is 16.7. The first-order chi connectivity index (χ1) is 28.9. The summed E-state index contributed by atoms with van der Waals surface area (Å²) < 4.78 is 27.9. The molecule has 0 aliphatic heterocycles. The van der Waals surface area contributed by atoms with Crippen molar-refractivity contribution in [3.63, 3.8) is 0 Å².